The van der Waals surface area contributed by atoms with Gasteiger partial charge in [0.25, 0.3) is 5.91 Å². The molecule has 1 aromatic heterocycles. The topological polar surface area (TPSA) is 121 Å². The van der Waals surface area contributed by atoms with Crippen LogP contribution in [0.5, 0.6) is 0 Å². The molecule has 18 heavy (non-hydrogen) atoms. The quantitative estimate of drug-likeness (QED) is 0.692. The van der Waals surface area contributed by atoms with Crippen LogP contribution in [0.4, 0.5) is 9.80 Å². The van der Waals surface area contributed by atoms with Gasteiger partial charge in [-0.3, -0.25) is 15.4 Å². The maximum atomic E-state index is 11.5. The third-order valence-corrected chi connectivity index (χ3v) is 2.63. The number of nitrogens with one attached hydrogen (secondary N) is 2. The van der Waals surface area contributed by atoms with E-state index in [4.69, 9.17) is 5.11 Å². The van der Waals surface area contributed by atoms with Gasteiger partial charge in [-0.05, 0) is 13.8 Å². The molecule has 0 aliphatic carbocycles. The lowest BCUT2D eigenvalue weighted by Gasteiger charge is -2.05. The van der Waals surface area contributed by atoms with E-state index in [1.54, 1.807) is 0 Å². The van der Waals surface area contributed by atoms with Gasteiger partial charge in [-0.1, -0.05) is 4.49 Å². The maximum absolute atomic E-state index is 11.5. The average Bonchev–Trinajstić information content (AvgIpc) is 2.79. The Balaban J connectivity index is 2.63. The zero-order chi connectivity index (χ0) is 13.7. The standard InChI is InChI=1S/C9H10N4O4S/c1-4(5(2)8(15)16)7(14)12-9(17)11-6-3-10-13-18-6/h3H,1-2H3,(H,15,16)(H2,11,12,14,17). The first-order valence-corrected chi connectivity index (χ1v) is 5.49. The number of amides is 3. The zero-order valence-corrected chi connectivity index (χ0v) is 10.4. The van der Waals surface area contributed by atoms with E-state index < -0.39 is 17.9 Å². The van der Waals surface area contributed by atoms with Gasteiger partial charge in [0.2, 0.25) is 0 Å². The molecule has 0 atom stereocenters. The molecule has 0 aliphatic heterocycles. The molecule has 0 saturated carbocycles. The number of urea groups is 1. The summed E-state index contributed by atoms with van der Waals surface area (Å²) >= 11 is 0.947. The minimum Gasteiger partial charge on any atom is -0.478 e. The highest BCUT2D eigenvalue weighted by atomic mass is 32.1. The number of anilines is 1. The van der Waals surface area contributed by atoms with E-state index in [0.29, 0.717) is 5.00 Å². The Hall–Kier alpha value is -2.29. The molecule has 1 aromatic rings. The molecule has 0 spiro atoms. The number of rotatable bonds is 3. The molecular formula is C9H10N4O4S. The largest absolute Gasteiger partial charge is 0.478 e. The Bertz CT molecular complexity index is 509. The van der Waals surface area contributed by atoms with Crippen molar-refractivity contribution in [1.82, 2.24) is 14.9 Å². The number of imide groups is 1. The van der Waals surface area contributed by atoms with Crippen molar-refractivity contribution < 1.29 is 19.5 Å². The molecule has 0 aliphatic rings. The summed E-state index contributed by atoms with van der Waals surface area (Å²) in [5, 5.41) is 16.9. The van der Waals surface area contributed by atoms with E-state index in [1.165, 1.54) is 20.0 Å². The fourth-order valence-corrected chi connectivity index (χ4v) is 1.31. The molecule has 0 bridgehead atoms. The first kappa shape index (κ1) is 13.8. The monoisotopic (exact) mass is 270 g/mol. The number of carbonyl (C=O) groups is 3. The van der Waals surface area contributed by atoms with Crippen LogP contribution in [0.25, 0.3) is 0 Å². The number of nitrogens with zero attached hydrogens (tertiary/aromatic N) is 2. The maximum Gasteiger partial charge on any atom is 0.331 e. The number of carboxylic acid groups (broad SMARTS) is 1. The average molecular weight is 270 g/mol. The van der Waals surface area contributed by atoms with Crippen LogP contribution in [-0.2, 0) is 9.59 Å². The molecule has 0 fully saturated rings. The van der Waals surface area contributed by atoms with Crippen molar-refractivity contribution in [1.29, 1.82) is 0 Å². The van der Waals surface area contributed by atoms with Gasteiger partial charge in [-0.15, -0.1) is 5.10 Å². The van der Waals surface area contributed by atoms with Crippen LogP contribution in [-0.4, -0.2) is 32.6 Å². The Morgan fingerprint density at radius 1 is 1.28 bits per heavy atom. The van der Waals surface area contributed by atoms with Gasteiger partial charge in [-0.2, -0.15) is 0 Å². The summed E-state index contributed by atoms with van der Waals surface area (Å²) in [5.41, 5.74) is -0.167. The number of hydrogen-bond donors (Lipinski definition) is 3. The fourth-order valence-electron chi connectivity index (χ4n) is 0.893. The molecule has 0 saturated heterocycles. The molecule has 1 heterocycles. The third-order valence-electron chi connectivity index (χ3n) is 2.05. The van der Waals surface area contributed by atoms with Crippen LogP contribution in [0.1, 0.15) is 13.8 Å². The van der Waals surface area contributed by atoms with Gasteiger partial charge < -0.3 is 5.11 Å². The Morgan fingerprint density at radius 3 is 2.44 bits per heavy atom. The second-order valence-electron chi connectivity index (χ2n) is 3.25. The van der Waals surface area contributed by atoms with E-state index in [2.05, 4.69) is 14.9 Å². The Labute approximate surface area is 106 Å². The predicted molar refractivity (Wildman–Crippen MR) is 63.1 cm³/mol. The lowest BCUT2D eigenvalue weighted by Crippen LogP contribution is -2.35. The smallest absolute Gasteiger partial charge is 0.331 e. The van der Waals surface area contributed by atoms with Crippen molar-refractivity contribution in [3.8, 4) is 0 Å². The van der Waals surface area contributed by atoms with Crippen LogP contribution in [0.2, 0.25) is 0 Å². The first-order valence-electron chi connectivity index (χ1n) is 4.72. The Morgan fingerprint density at radius 2 is 1.94 bits per heavy atom. The van der Waals surface area contributed by atoms with Gasteiger partial charge >= 0.3 is 12.0 Å². The zero-order valence-electron chi connectivity index (χ0n) is 9.55. The summed E-state index contributed by atoms with van der Waals surface area (Å²) in [6.45, 7) is 2.60. The number of carbonyl (C=O) groups excluding carboxylic acids is 2. The summed E-state index contributed by atoms with van der Waals surface area (Å²) in [6.07, 6.45) is 1.32. The van der Waals surface area contributed by atoms with Crippen molar-refractivity contribution in [2.75, 3.05) is 5.32 Å². The van der Waals surface area contributed by atoms with Gasteiger partial charge in [0.05, 0.1) is 6.20 Å². The molecule has 1 rings (SSSR count). The number of hydrogen-bond acceptors (Lipinski definition) is 6. The van der Waals surface area contributed by atoms with Gasteiger partial charge in [0, 0.05) is 22.7 Å². The summed E-state index contributed by atoms with van der Waals surface area (Å²) in [6, 6.07) is -0.774. The second-order valence-corrected chi connectivity index (χ2v) is 4.03. The summed E-state index contributed by atoms with van der Waals surface area (Å²) in [7, 11) is 0. The van der Waals surface area contributed by atoms with E-state index >= 15 is 0 Å². The van der Waals surface area contributed by atoms with E-state index in [9.17, 15) is 14.4 Å². The van der Waals surface area contributed by atoms with Crippen LogP contribution < -0.4 is 10.6 Å². The fraction of sp³-hybridized carbons (Fsp3) is 0.222. The number of aliphatic carboxylic acids is 1. The van der Waals surface area contributed by atoms with E-state index in [1.807, 2.05) is 5.32 Å². The lowest BCUT2D eigenvalue weighted by molar-refractivity contribution is -0.133. The summed E-state index contributed by atoms with van der Waals surface area (Å²) in [4.78, 5) is 33.5. The molecule has 9 heteroatoms. The molecular weight excluding hydrogens is 260 g/mol. The minimum atomic E-state index is -1.21. The summed E-state index contributed by atoms with van der Waals surface area (Å²) in [5.74, 6) is -1.99. The highest BCUT2D eigenvalue weighted by molar-refractivity contribution is 7.10. The van der Waals surface area contributed by atoms with Gasteiger partial charge in [0.1, 0.15) is 5.00 Å². The first-order chi connectivity index (χ1) is 8.41. The molecule has 0 radical (unpaired) electrons. The SMILES string of the molecule is CC(C(=O)O)=C(C)C(=O)NC(=O)Nc1cnns1. The molecule has 3 N–H and O–H groups in total. The Kier molecular flexibility index (Phi) is 4.49. The van der Waals surface area contributed by atoms with Crippen molar-refractivity contribution in [3.63, 3.8) is 0 Å². The van der Waals surface area contributed by atoms with Crippen LogP contribution >= 0.6 is 11.5 Å². The van der Waals surface area contributed by atoms with Crippen molar-refractivity contribution in [3.05, 3.63) is 17.3 Å². The van der Waals surface area contributed by atoms with Gasteiger partial charge in [-0.25, -0.2) is 9.59 Å². The minimum absolute atomic E-state index is 0.0416. The highest BCUT2D eigenvalue weighted by Crippen LogP contribution is 2.08. The molecule has 0 aromatic carbocycles. The second kappa shape index (κ2) is 5.87. The normalized spacial score (nSPS) is 11.4. The van der Waals surface area contributed by atoms with Crippen LogP contribution in [0.3, 0.4) is 0 Å². The van der Waals surface area contributed by atoms with E-state index in [-0.39, 0.29) is 11.1 Å². The number of aromatic nitrogens is 2. The number of carboxylic acids is 1. The van der Waals surface area contributed by atoms with Crippen molar-refractivity contribution in [2.45, 2.75) is 13.8 Å². The molecule has 0 unspecified atom stereocenters. The molecule has 3 amide bonds. The molecule has 96 valence electrons. The van der Waals surface area contributed by atoms with Crippen LogP contribution in [0.15, 0.2) is 17.3 Å². The third kappa shape index (κ3) is 3.63. The van der Waals surface area contributed by atoms with E-state index in [0.717, 1.165) is 11.5 Å². The lowest BCUT2D eigenvalue weighted by atomic mass is 10.1. The predicted octanol–water partition coefficient (Wildman–Crippen LogP) is 0.607. The highest BCUT2D eigenvalue weighted by Gasteiger charge is 2.15. The summed E-state index contributed by atoms with van der Waals surface area (Å²) < 4.78 is 3.52. The van der Waals surface area contributed by atoms with Crippen molar-refractivity contribution in [2.24, 2.45) is 0 Å². The molecule has 8 nitrogen and oxygen atoms in total. The van der Waals surface area contributed by atoms with Crippen LogP contribution in [0, 0.1) is 0 Å². The van der Waals surface area contributed by atoms with Gasteiger partial charge in [0.15, 0.2) is 0 Å². The van der Waals surface area contributed by atoms with Crippen molar-refractivity contribution >= 4 is 34.4 Å².